The molecular formula is C119H228N8. The Kier molecular flexibility index (Phi) is 58.6. The van der Waals surface area contributed by atoms with Gasteiger partial charge < -0.3 is 42.5 Å². The van der Waals surface area contributed by atoms with Crippen LogP contribution in [0.3, 0.4) is 0 Å². The molecule has 0 radical (unpaired) electrons. The van der Waals surface area contributed by atoms with Crippen molar-refractivity contribution in [3.63, 3.8) is 0 Å². The molecule has 0 unspecified atom stereocenters. The van der Waals surface area contributed by atoms with Gasteiger partial charge in [-0.3, -0.25) is 0 Å². The summed E-state index contributed by atoms with van der Waals surface area (Å²) >= 11 is 0. The average molecular weight is 1770 g/mol. The van der Waals surface area contributed by atoms with Gasteiger partial charge in [0.15, 0.2) is 0 Å². The summed E-state index contributed by atoms with van der Waals surface area (Å²) in [6, 6.07) is 0. The molecule has 0 aliphatic heterocycles. The van der Waals surface area contributed by atoms with Crippen LogP contribution in [0.25, 0.3) is 0 Å². The number of likely N-dealkylation sites (N-methyl/N-ethyl adjacent to an activating group) is 8. The molecule has 24 atom stereocenters. The third-order valence-electron chi connectivity index (χ3n) is 37.2. The van der Waals surface area contributed by atoms with Gasteiger partial charge in [-0.2, -0.15) is 0 Å². The lowest BCUT2D eigenvalue weighted by atomic mass is 9.61. The molecule has 16 rings (SSSR count). The van der Waals surface area contributed by atoms with Crippen LogP contribution >= 0.6 is 0 Å². The van der Waals surface area contributed by atoms with E-state index in [1.165, 1.54) is 360 Å². The van der Waals surface area contributed by atoms with E-state index in [4.69, 9.17) is 0 Å². The highest BCUT2D eigenvalue weighted by Gasteiger charge is 2.49. The lowest BCUT2D eigenvalue weighted by Crippen LogP contribution is -2.53. The first-order valence-electron chi connectivity index (χ1n) is 53.1. The predicted octanol–water partition coefficient (Wildman–Crippen LogP) is 32.5. The van der Waals surface area contributed by atoms with E-state index < -0.39 is 0 Å². The quantitative estimate of drug-likeness (QED) is 0.0725. The molecule has 16 aliphatic carbocycles. The van der Waals surface area contributed by atoms with Crippen molar-refractivity contribution in [2.24, 2.45) is 94.7 Å². The van der Waals surface area contributed by atoms with E-state index in [1.807, 2.05) is 0 Å². The van der Waals surface area contributed by atoms with Crippen LogP contribution in [0.4, 0.5) is 0 Å². The van der Waals surface area contributed by atoms with Crippen LogP contribution in [0.2, 0.25) is 0 Å². The van der Waals surface area contributed by atoms with Gasteiger partial charge in [-0.25, -0.2) is 0 Å². The Bertz CT molecular complexity index is 2650. The SMILES string of the molecule is C.C.C.C.C.C.C.CC=C[C@@]1(NC)CCC[C@@H]2CCCC[C@@H]21.CC=C[C@@]1(NC)CCC[C@@H]2CCCC[C@H]21.CC=C[C@@]1(NC)CCC[C@H]2CCCC[C@@H]21.CC=C[C@@]1(NC)CCC[C@H]2CCCC[C@H]21.CC=C[C@@]1(NC)CC[C@@H]2CCCC[C@@H]2C1.CC=C[C@@]1(NC)CC[C@@H]2CCCC[C@H]2C1.CC=C[C@@]1(NC)CC[C@H]2CCCC[C@@H]2C1.CC=C[C@@]1(NC)CC[C@H]2CCCC[C@H]2C1. The first-order chi connectivity index (χ1) is 58.5. The van der Waals surface area contributed by atoms with Crippen molar-refractivity contribution >= 4 is 0 Å². The molecule has 0 aromatic heterocycles. The Morgan fingerprint density at radius 1 is 0.157 bits per heavy atom. The number of rotatable bonds is 16. The fourth-order valence-corrected chi connectivity index (χ4v) is 30.8. The second kappa shape index (κ2) is 61.6. The molecule has 127 heavy (non-hydrogen) atoms. The number of allylic oxidation sites excluding steroid dienone is 8. The van der Waals surface area contributed by atoms with Crippen LogP contribution < -0.4 is 42.5 Å². The number of nitrogens with one attached hydrogen (secondary N) is 8. The van der Waals surface area contributed by atoms with Gasteiger partial charge in [0.1, 0.15) is 0 Å². The maximum absolute atomic E-state index is 3.63. The third-order valence-corrected chi connectivity index (χ3v) is 37.2. The van der Waals surface area contributed by atoms with Crippen molar-refractivity contribution in [3.8, 4) is 0 Å². The third kappa shape index (κ3) is 32.4. The molecule has 16 saturated carbocycles. The highest BCUT2D eigenvalue weighted by atomic mass is 15.0. The van der Waals surface area contributed by atoms with Gasteiger partial charge in [-0.15, -0.1) is 0 Å². The minimum atomic E-state index is 0. The molecule has 16 fully saturated rings. The molecular weight excluding hydrogens is 1540 g/mol. The van der Waals surface area contributed by atoms with Crippen LogP contribution in [0.15, 0.2) is 97.2 Å². The normalized spacial score (nSPS) is 39.4. The van der Waals surface area contributed by atoms with Crippen molar-refractivity contribution in [2.45, 2.75) is 511 Å². The molecule has 0 spiro atoms. The zero-order valence-corrected chi connectivity index (χ0v) is 82.1. The maximum Gasteiger partial charge on any atom is 0.0392 e. The Labute approximate surface area is 797 Å². The second-order valence-electron chi connectivity index (χ2n) is 43.1. The number of hydrogen-bond donors (Lipinski definition) is 8. The van der Waals surface area contributed by atoms with Crippen molar-refractivity contribution < 1.29 is 0 Å². The summed E-state index contributed by atoms with van der Waals surface area (Å²) in [7, 11) is 17.1. The zero-order chi connectivity index (χ0) is 85.8. The first-order valence-corrected chi connectivity index (χ1v) is 53.1. The van der Waals surface area contributed by atoms with Gasteiger partial charge in [0.05, 0.1) is 0 Å². The minimum Gasteiger partial charge on any atom is -0.311 e. The van der Waals surface area contributed by atoms with Gasteiger partial charge in [-0.1, -0.05) is 380 Å². The standard InChI is InChI=1S/8C14H25N.7CH4/c4*1-3-10-14(15-2)11-6-8-12-7-4-5-9-13(12)14;4*1-3-9-14(15-2)10-8-12-6-4-5-7-13(12)11-14;;;;;;;/h4*3,10,12-13,15H,4-9,11H2,1-2H3;4*3,9,12-13,15H,4-8,10-11H2,1-2H3;7*1H4/t12-,13+,14+;12-,13+,14-;12-,13-,14+;12-,13-,14-;12-,13+,14+;12-,13+,14-;12-,13-,14+;12-,13-,14-;;;;;;;/m01010101......./s1. The van der Waals surface area contributed by atoms with Crippen LogP contribution in [-0.4, -0.2) is 101 Å². The van der Waals surface area contributed by atoms with E-state index in [2.05, 4.69) is 252 Å². The summed E-state index contributed by atoms with van der Waals surface area (Å²) in [6.45, 7) is 17.2. The molecule has 0 aromatic carbocycles. The summed E-state index contributed by atoms with van der Waals surface area (Å²) in [6.07, 6.45) is 118. The fraction of sp³-hybridized carbons (Fsp3) is 0.866. The van der Waals surface area contributed by atoms with Crippen molar-refractivity contribution in [2.75, 3.05) is 56.4 Å². The molecule has 8 heteroatoms. The molecule has 0 saturated heterocycles. The highest BCUT2D eigenvalue weighted by molar-refractivity contribution is 5.19. The fourth-order valence-electron chi connectivity index (χ4n) is 30.8. The molecule has 744 valence electrons. The summed E-state index contributed by atoms with van der Waals surface area (Å²) in [5, 5.41) is 28.8. The number of fused-ring (bicyclic) bond motifs is 8. The smallest absolute Gasteiger partial charge is 0.0392 e. The molecule has 0 amide bonds. The summed E-state index contributed by atoms with van der Waals surface area (Å²) < 4.78 is 0. The van der Waals surface area contributed by atoms with Crippen LogP contribution in [-0.2, 0) is 0 Å². The topological polar surface area (TPSA) is 96.2 Å². The summed E-state index contributed by atoms with van der Waals surface area (Å²) in [4.78, 5) is 0. The summed E-state index contributed by atoms with van der Waals surface area (Å²) in [5.74, 6) is 15.8. The van der Waals surface area contributed by atoms with Gasteiger partial charge in [0.2, 0.25) is 0 Å². The lowest BCUT2D eigenvalue weighted by molar-refractivity contribution is 0.0858. The van der Waals surface area contributed by atoms with E-state index in [9.17, 15) is 0 Å². The van der Waals surface area contributed by atoms with E-state index in [-0.39, 0.29) is 52.0 Å². The van der Waals surface area contributed by atoms with Gasteiger partial charge >= 0.3 is 0 Å². The minimum absolute atomic E-state index is 0. The van der Waals surface area contributed by atoms with Gasteiger partial charge in [0.25, 0.3) is 0 Å². The maximum atomic E-state index is 3.63. The monoisotopic (exact) mass is 1770 g/mol. The number of hydrogen-bond acceptors (Lipinski definition) is 8. The Hall–Kier alpha value is -2.40. The summed E-state index contributed by atoms with van der Waals surface area (Å²) in [5.41, 5.74) is 2.63. The lowest BCUT2D eigenvalue weighted by Gasteiger charge is -2.49. The Morgan fingerprint density at radius 3 is 0.465 bits per heavy atom. The second-order valence-corrected chi connectivity index (χ2v) is 43.1. The molecule has 0 aromatic rings. The van der Waals surface area contributed by atoms with Crippen LogP contribution in [0.1, 0.15) is 467 Å². The average Bonchev–Trinajstić information content (AvgIpc) is 0.768. The Balaban J connectivity index is 0.000000488. The van der Waals surface area contributed by atoms with E-state index in [0.717, 1.165) is 94.7 Å². The predicted molar refractivity (Wildman–Crippen MR) is 574 cm³/mol. The van der Waals surface area contributed by atoms with E-state index >= 15 is 0 Å². The van der Waals surface area contributed by atoms with E-state index in [0.29, 0.717) is 44.3 Å². The molecule has 8 N–H and O–H groups in total. The van der Waals surface area contributed by atoms with Gasteiger partial charge in [0, 0.05) is 44.3 Å². The largest absolute Gasteiger partial charge is 0.311 e. The zero-order valence-electron chi connectivity index (χ0n) is 82.1. The first kappa shape index (κ1) is 121. The molecule has 16 aliphatic rings. The molecule has 0 heterocycles. The van der Waals surface area contributed by atoms with Gasteiger partial charge in [-0.05, 0) is 335 Å². The highest BCUT2D eigenvalue weighted by Crippen LogP contribution is 2.54. The van der Waals surface area contributed by atoms with Crippen molar-refractivity contribution in [1.29, 1.82) is 0 Å². The van der Waals surface area contributed by atoms with Crippen molar-refractivity contribution in [1.82, 2.24) is 42.5 Å². The molecule has 0 bridgehead atoms. The van der Waals surface area contributed by atoms with Crippen molar-refractivity contribution in [3.05, 3.63) is 97.2 Å². The Morgan fingerprint density at radius 2 is 0.307 bits per heavy atom. The van der Waals surface area contributed by atoms with E-state index in [1.54, 1.807) is 0 Å². The van der Waals surface area contributed by atoms with Crippen LogP contribution in [0, 0.1) is 94.7 Å². The molecule has 8 nitrogen and oxygen atoms in total. The van der Waals surface area contributed by atoms with Crippen LogP contribution in [0.5, 0.6) is 0 Å².